The highest BCUT2D eigenvalue weighted by molar-refractivity contribution is 9.10. The molecular weight excluding hydrogens is 326 g/mol. The molecule has 0 fully saturated rings. The first-order valence-electron chi connectivity index (χ1n) is 5.52. The Bertz CT molecular complexity index is 768. The monoisotopic (exact) mass is 333 g/mol. The van der Waals surface area contributed by atoms with Crippen LogP contribution in [0.4, 0.5) is 0 Å². The van der Waals surface area contributed by atoms with E-state index in [4.69, 9.17) is 0 Å². The minimum Gasteiger partial charge on any atom is -0.478 e. The first kappa shape index (κ1) is 12.3. The third kappa shape index (κ3) is 2.15. The van der Waals surface area contributed by atoms with Crippen molar-refractivity contribution in [3.05, 3.63) is 51.1 Å². The highest BCUT2D eigenvalue weighted by atomic mass is 79.9. The zero-order chi connectivity index (χ0) is 13.4. The second-order valence-corrected chi connectivity index (χ2v) is 5.64. The number of benzene rings is 1. The molecule has 0 bridgehead atoms. The van der Waals surface area contributed by atoms with Crippen LogP contribution in [0.5, 0.6) is 0 Å². The maximum atomic E-state index is 11.4. The number of para-hydroxylation sites is 1. The van der Waals surface area contributed by atoms with Gasteiger partial charge in [-0.3, -0.25) is 0 Å². The number of nitrogens with zero attached hydrogens (tertiary/aromatic N) is 1. The van der Waals surface area contributed by atoms with Gasteiger partial charge in [0, 0.05) is 20.8 Å². The van der Waals surface area contributed by atoms with Crippen LogP contribution in [-0.2, 0) is 0 Å². The van der Waals surface area contributed by atoms with Crippen LogP contribution in [-0.4, -0.2) is 16.1 Å². The Morgan fingerprint density at radius 3 is 2.84 bits per heavy atom. The molecule has 1 N–H and O–H groups in total. The van der Waals surface area contributed by atoms with E-state index in [-0.39, 0.29) is 5.56 Å². The third-order valence-electron chi connectivity index (χ3n) is 2.84. The van der Waals surface area contributed by atoms with Gasteiger partial charge in [0.1, 0.15) is 0 Å². The van der Waals surface area contributed by atoms with E-state index in [0.29, 0.717) is 16.6 Å². The highest BCUT2D eigenvalue weighted by Gasteiger charge is 2.14. The van der Waals surface area contributed by atoms with Crippen molar-refractivity contribution in [1.82, 2.24) is 4.98 Å². The van der Waals surface area contributed by atoms with Crippen molar-refractivity contribution in [1.29, 1.82) is 0 Å². The molecule has 0 radical (unpaired) electrons. The summed E-state index contributed by atoms with van der Waals surface area (Å²) in [5.74, 6) is -0.943. The summed E-state index contributed by atoms with van der Waals surface area (Å²) >= 11 is 4.98. The van der Waals surface area contributed by atoms with Crippen molar-refractivity contribution in [2.24, 2.45) is 0 Å². The standard InChI is InChI=1S/C14H8BrNO2S/c15-11-3-1-2-9-10(14(17)18)6-12(16-13(9)11)8-4-5-19-7-8/h1-7H,(H,17,18). The lowest BCUT2D eigenvalue weighted by Crippen LogP contribution is -2.00. The van der Waals surface area contributed by atoms with Gasteiger partial charge in [0.05, 0.1) is 16.8 Å². The van der Waals surface area contributed by atoms with E-state index >= 15 is 0 Å². The van der Waals surface area contributed by atoms with Gasteiger partial charge in [0.15, 0.2) is 0 Å². The predicted octanol–water partition coefficient (Wildman–Crippen LogP) is 4.42. The summed E-state index contributed by atoms with van der Waals surface area (Å²) in [6.07, 6.45) is 0. The number of carbonyl (C=O) groups is 1. The van der Waals surface area contributed by atoms with Crippen molar-refractivity contribution in [2.75, 3.05) is 0 Å². The van der Waals surface area contributed by atoms with E-state index in [9.17, 15) is 9.90 Å². The molecule has 2 aromatic heterocycles. The van der Waals surface area contributed by atoms with E-state index < -0.39 is 5.97 Å². The molecule has 0 aliphatic carbocycles. The first-order valence-corrected chi connectivity index (χ1v) is 7.25. The molecule has 3 rings (SSSR count). The molecule has 3 nitrogen and oxygen atoms in total. The van der Waals surface area contributed by atoms with Crippen LogP contribution in [0, 0.1) is 0 Å². The van der Waals surface area contributed by atoms with E-state index in [1.165, 1.54) is 0 Å². The third-order valence-corrected chi connectivity index (χ3v) is 4.16. The van der Waals surface area contributed by atoms with Crippen LogP contribution in [0.3, 0.4) is 0 Å². The van der Waals surface area contributed by atoms with Crippen LogP contribution in [0.15, 0.2) is 45.6 Å². The number of rotatable bonds is 2. The molecule has 0 unspecified atom stereocenters. The van der Waals surface area contributed by atoms with Crippen LogP contribution in [0.25, 0.3) is 22.2 Å². The molecule has 0 aliphatic heterocycles. The second kappa shape index (κ2) is 4.75. The number of halogens is 1. The molecule has 0 atom stereocenters. The quantitative estimate of drug-likeness (QED) is 0.754. The number of pyridine rings is 1. The molecule has 0 saturated carbocycles. The number of hydrogen-bond acceptors (Lipinski definition) is 3. The fourth-order valence-electron chi connectivity index (χ4n) is 1.95. The summed E-state index contributed by atoms with van der Waals surface area (Å²) in [6.45, 7) is 0. The fourth-order valence-corrected chi connectivity index (χ4v) is 3.05. The molecule has 0 spiro atoms. The van der Waals surface area contributed by atoms with Crippen LogP contribution < -0.4 is 0 Å². The van der Waals surface area contributed by atoms with Gasteiger partial charge in [-0.05, 0) is 39.5 Å². The van der Waals surface area contributed by atoms with Gasteiger partial charge in [0.2, 0.25) is 0 Å². The van der Waals surface area contributed by atoms with Gasteiger partial charge < -0.3 is 5.11 Å². The van der Waals surface area contributed by atoms with Crippen LogP contribution in [0.1, 0.15) is 10.4 Å². The number of aromatic nitrogens is 1. The van der Waals surface area contributed by atoms with Gasteiger partial charge in [-0.1, -0.05) is 12.1 Å². The lowest BCUT2D eigenvalue weighted by molar-refractivity contribution is 0.0699. The smallest absolute Gasteiger partial charge is 0.336 e. The zero-order valence-corrected chi connectivity index (χ0v) is 12.0. The van der Waals surface area contributed by atoms with Crippen molar-refractivity contribution in [3.8, 4) is 11.3 Å². The van der Waals surface area contributed by atoms with E-state index in [2.05, 4.69) is 20.9 Å². The SMILES string of the molecule is O=C(O)c1cc(-c2ccsc2)nc2c(Br)cccc12. The van der Waals surface area contributed by atoms with Gasteiger partial charge >= 0.3 is 5.97 Å². The van der Waals surface area contributed by atoms with E-state index in [1.807, 2.05) is 29.0 Å². The largest absolute Gasteiger partial charge is 0.478 e. The molecule has 0 aliphatic rings. The number of hydrogen-bond donors (Lipinski definition) is 1. The molecule has 94 valence electrons. The normalized spacial score (nSPS) is 10.8. The fraction of sp³-hybridized carbons (Fsp3) is 0. The molecule has 0 saturated heterocycles. The Hall–Kier alpha value is -1.72. The maximum Gasteiger partial charge on any atom is 0.336 e. The summed E-state index contributed by atoms with van der Waals surface area (Å²) in [5, 5.41) is 13.9. The molecule has 5 heteroatoms. The van der Waals surface area contributed by atoms with E-state index in [0.717, 1.165) is 10.0 Å². The number of carboxylic acid groups (broad SMARTS) is 1. The minimum atomic E-state index is -0.943. The predicted molar refractivity (Wildman–Crippen MR) is 79.7 cm³/mol. The lowest BCUT2D eigenvalue weighted by Gasteiger charge is -2.07. The summed E-state index contributed by atoms with van der Waals surface area (Å²) in [4.78, 5) is 16.0. The molecule has 1 aromatic carbocycles. The van der Waals surface area contributed by atoms with E-state index in [1.54, 1.807) is 23.5 Å². The van der Waals surface area contributed by atoms with Crippen molar-refractivity contribution in [2.45, 2.75) is 0 Å². The topological polar surface area (TPSA) is 50.2 Å². The average Bonchev–Trinajstić information content (AvgIpc) is 2.92. The summed E-state index contributed by atoms with van der Waals surface area (Å²) in [6, 6.07) is 9.00. The number of carboxylic acids is 1. The molecule has 3 aromatic rings. The number of thiophene rings is 1. The summed E-state index contributed by atoms with van der Waals surface area (Å²) < 4.78 is 0.796. The lowest BCUT2D eigenvalue weighted by atomic mass is 10.1. The number of aromatic carboxylic acids is 1. The summed E-state index contributed by atoms with van der Waals surface area (Å²) in [7, 11) is 0. The molecule has 19 heavy (non-hydrogen) atoms. The first-order chi connectivity index (χ1) is 9.16. The Morgan fingerprint density at radius 1 is 1.32 bits per heavy atom. The van der Waals surface area contributed by atoms with Crippen molar-refractivity contribution >= 4 is 44.1 Å². The molecule has 0 amide bonds. The van der Waals surface area contributed by atoms with Crippen molar-refractivity contribution in [3.63, 3.8) is 0 Å². The zero-order valence-electron chi connectivity index (χ0n) is 9.63. The van der Waals surface area contributed by atoms with Gasteiger partial charge in [-0.2, -0.15) is 11.3 Å². The van der Waals surface area contributed by atoms with Gasteiger partial charge in [-0.15, -0.1) is 0 Å². The Balaban J connectivity index is 2.38. The second-order valence-electron chi connectivity index (χ2n) is 4.01. The molecular formula is C14H8BrNO2S. The molecule has 2 heterocycles. The van der Waals surface area contributed by atoms with Crippen LogP contribution >= 0.6 is 27.3 Å². The summed E-state index contributed by atoms with van der Waals surface area (Å²) in [5.41, 5.74) is 2.55. The Kier molecular flexibility index (Phi) is 3.08. The van der Waals surface area contributed by atoms with Crippen molar-refractivity contribution < 1.29 is 9.90 Å². The Morgan fingerprint density at radius 2 is 2.16 bits per heavy atom. The Labute approximate surface area is 121 Å². The highest BCUT2D eigenvalue weighted by Crippen LogP contribution is 2.30. The number of fused-ring (bicyclic) bond motifs is 1. The van der Waals surface area contributed by atoms with Gasteiger partial charge in [0.25, 0.3) is 0 Å². The maximum absolute atomic E-state index is 11.4. The minimum absolute atomic E-state index is 0.271. The van der Waals surface area contributed by atoms with Gasteiger partial charge in [-0.25, -0.2) is 9.78 Å². The van der Waals surface area contributed by atoms with Crippen LogP contribution in [0.2, 0.25) is 0 Å². The average molecular weight is 334 g/mol.